The highest BCUT2D eigenvalue weighted by Crippen LogP contribution is 2.28. The maximum Gasteiger partial charge on any atom is 0.139 e. The fourth-order valence-corrected chi connectivity index (χ4v) is 2.48. The van der Waals surface area contributed by atoms with Crippen molar-refractivity contribution in [3.63, 3.8) is 0 Å². The summed E-state index contributed by atoms with van der Waals surface area (Å²) in [5.74, 6) is 0.737. The highest BCUT2D eigenvalue weighted by atomic mass is 16.5. The summed E-state index contributed by atoms with van der Waals surface area (Å²) >= 11 is 0. The summed E-state index contributed by atoms with van der Waals surface area (Å²) in [4.78, 5) is 4.46. The van der Waals surface area contributed by atoms with Gasteiger partial charge in [-0.15, -0.1) is 0 Å². The topological polar surface area (TPSA) is 67.6 Å². The second kappa shape index (κ2) is 5.61. The Morgan fingerprint density at radius 1 is 1.52 bits per heavy atom. The Bertz CT molecular complexity index is 712. The molecule has 3 rings (SSSR count). The third-order valence-electron chi connectivity index (χ3n) is 3.72. The molecule has 0 fully saturated rings. The molecule has 0 bridgehead atoms. The Morgan fingerprint density at radius 2 is 2.38 bits per heavy atom. The van der Waals surface area contributed by atoms with Gasteiger partial charge in [0.25, 0.3) is 0 Å². The van der Waals surface area contributed by atoms with Crippen LogP contribution in [-0.2, 0) is 17.8 Å². The van der Waals surface area contributed by atoms with Gasteiger partial charge in [-0.05, 0) is 42.7 Å². The van der Waals surface area contributed by atoms with Crippen molar-refractivity contribution in [1.29, 1.82) is 5.53 Å². The highest BCUT2D eigenvalue weighted by Gasteiger charge is 2.15. The molecular formula is C16H17N3O2. The van der Waals surface area contributed by atoms with Crippen LogP contribution in [0, 0.1) is 5.53 Å². The van der Waals surface area contributed by atoms with Gasteiger partial charge in [-0.3, -0.25) is 4.98 Å². The number of hydrogen-bond donors (Lipinski definition) is 1. The van der Waals surface area contributed by atoms with Crippen molar-refractivity contribution in [3.8, 4) is 5.75 Å². The van der Waals surface area contributed by atoms with E-state index < -0.39 is 0 Å². The van der Waals surface area contributed by atoms with Gasteiger partial charge >= 0.3 is 0 Å². The van der Waals surface area contributed by atoms with E-state index in [9.17, 15) is 0 Å². The van der Waals surface area contributed by atoms with Crippen molar-refractivity contribution in [1.82, 2.24) is 4.98 Å². The number of benzene rings is 1. The molecular weight excluding hydrogens is 266 g/mol. The molecule has 0 amide bonds. The van der Waals surface area contributed by atoms with Crippen LogP contribution in [0.25, 0.3) is 10.9 Å². The largest absolute Gasteiger partial charge is 0.484 e. The smallest absolute Gasteiger partial charge is 0.139 e. The summed E-state index contributed by atoms with van der Waals surface area (Å²) in [7, 11) is 0. The maximum atomic E-state index is 6.98. The Balaban J connectivity index is 1.98. The number of fused-ring (bicyclic) bond motifs is 3. The van der Waals surface area contributed by atoms with Crippen molar-refractivity contribution >= 4 is 10.9 Å². The molecule has 0 radical (unpaired) electrons. The predicted octanol–water partition coefficient (Wildman–Crippen LogP) is 3.62. The van der Waals surface area contributed by atoms with E-state index in [4.69, 9.17) is 15.0 Å². The molecule has 2 heterocycles. The Labute approximate surface area is 123 Å². The van der Waals surface area contributed by atoms with Crippen molar-refractivity contribution in [3.05, 3.63) is 47.8 Å². The Hall–Kier alpha value is -2.27. The maximum absolute atomic E-state index is 6.98. The average Bonchev–Trinajstić information content (AvgIpc) is 2.53. The van der Waals surface area contributed by atoms with Crippen LogP contribution in [-0.4, -0.2) is 17.7 Å². The summed E-state index contributed by atoms with van der Waals surface area (Å²) < 4.78 is 11.3. The zero-order valence-corrected chi connectivity index (χ0v) is 11.9. The minimum absolute atomic E-state index is 0.323. The summed E-state index contributed by atoms with van der Waals surface area (Å²) in [5, 5.41) is 4.42. The first kappa shape index (κ1) is 13.7. The molecule has 108 valence electrons. The van der Waals surface area contributed by atoms with Crippen LogP contribution in [0.4, 0.5) is 0 Å². The number of nitrogens with zero attached hydrogens (tertiary/aromatic N) is 2. The predicted molar refractivity (Wildman–Crippen MR) is 79.5 cm³/mol. The van der Waals surface area contributed by atoms with E-state index in [1.54, 1.807) is 0 Å². The molecule has 0 saturated carbocycles. The molecule has 1 N–H and O–H groups in total. The molecule has 5 nitrogen and oxygen atoms in total. The van der Waals surface area contributed by atoms with E-state index in [1.807, 2.05) is 31.3 Å². The van der Waals surface area contributed by atoms with Crippen molar-refractivity contribution in [2.75, 3.05) is 6.61 Å². The van der Waals surface area contributed by atoms with E-state index in [0.717, 1.165) is 35.2 Å². The zero-order valence-electron chi connectivity index (χ0n) is 11.9. The van der Waals surface area contributed by atoms with E-state index in [0.29, 0.717) is 12.3 Å². The van der Waals surface area contributed by atoms with Gasteiger partial charge < -0.3 is 9.47 Å². The summed E-state index contributed by atoms with van der Waals surface area (Å²) in [6, 6.07) is 5.84. The normalized spacial score (nSPS) is 15.3. The Kier molecular flexibility index (Phi) is 3.66. The number of aromatic nitrogens is 1. The number of ether oxygens (including phenoxy) is 2. The molecule has 0 saturated heterocycles. The van der Waals surface area contributed by atoms with E-state index >= 15 is 0 Å². The molecule has 1 aromatic carbocycles. The molecule has 1 aliphatic heterocycles. The van der Waals surface area contributed by atoms with E-state index in [-0.39, 0.29) is 6.10 Å². The van der Waals surface area contributed by atoms with Gasteiger partial charge in [-0.1, -0.05) is 6.58 Å². The van der Waals surface area contributed by atoms with Crippen LogP contribution < -0.4 is 4.74 Å². The lowest BCUT2D eigenvalue weighted by Crippen LogP contribution is -2.13. The first-order valence-electron chi connectivity index (χ1n) is 6.90. The lowest BCUT2D eigenvalue weighted by molar-refractivity contribution is 0.111. The summed E-state index contributed by atoms with van der Waals surface area (Å²) in [6.07, 6.45) is 2.46. The minimum Gasteiger partial charge on any atom is -0.484 e. The molecule has 5 heteroatoms. The first-order valence-corrected chi connectivity index (χ1v) is 6.90. The lowest BCUT2D eigenvalue weighted by atomic mass is 10.00. The van der Waals surface area contributed by atoms with E-state index in [1.165, 1.54) is 5.56 Å². The zero-order chi connectivity index (χ0) is 14.8. The van der Waals surface area contributed by atoms with Gasteiger partial charge in [0.15, 0.2) is 0 Å². The van der Waals surface area contributed by atoms with Crippen LogP contribution >= 0.6 is 0 Å². The molecule has 0 aliphatic carbocycles. The highest BCUT2D eigenvalue weighted by molar-refractivity contribution is 5.84. The summed E-state index contributed by atoms with van der Waals surface area (Å²) in [6.45, 7) is 6.88. The van der Waals surface area contributed by atoms with Crippen molar-refractivity contribution < 1.29 is 9.47 Å². The van der Waals surface area contributed by atoms with Crippen LogP contribution in [0.3, 0.4) is 0 Å². The second-order valence-corrected chi connectivity index (χ2v) is 5.11. The minimum atomic E-state index is -0.323. The van der Waals surface area contributed by atoms with Crippen molar-refractivity contribution in [2.45, 2.75) is 26.1 Å². The van der Waals surface area contributed by atoms with Gasteiger partial charge in [0.05, 0.1) is 24.4 Å². The molecule has 2 aromatic rings. The molecule has 1 aliphatic rings. The average molecular weight is 283 g/mol. The molecule has 21 heavy (non-hydrogen) atoms. The third kappa shape index (κ3) is 2.64. The fraction of sp³-hybridized carbons (Fsp3) is 0.312. The third-order valence-corrected chi connectivity index (χ3v) is 3.72. The van der Waals surface area contributed by atoms with Gasteiger partial charge in [0, 0.05) is 11.6 Å². The molecule has 1 unspecified atom stereocenters. The number of nitrogens with one attached hydrogen (secondary N) is 1. The number of hydrogen-bond acceptors (Lipinski definition) is 5. The second-order valence-electron chi connectivity index (χ2n) is 5.11. The monoisotopic (exact) mass is 283 g/mol. The SMILES string of the molecule is C=C(N=N)C(C)Oc1ccc2ncc3c(c2c1)CCOC3. The van der Waals surface area contributed by atoms with E-state index in [2.05, 4.69) is 16.7 Å². The standard InChI is InChI=1S/C16H17N3O2/c1-10(19-17)11(2)21-13-3-4-16-15(7-13)14-5-6-20-9-12(14)8-18-16/h3-4,7-8,11,17H,1,5-6,9H2,2H3. The molecule has 0 spiro atoms. The van der Waals surface area contributed by atoms with Crippen LogP contribution in [0.2, 0.25) is 0 Å². The molecule has 1 atom stereocenters. The fourth-order valence-electron chi connectivity index (χ4n) is 2.48. The molecule has 1 aromatic heterocycles. The number of pyridine rings is 1. The lowest BCUT2D eigenvalue weighted by Gasteiger charge is -2.19. The quantitative estimate of drug-likeness (QED) is 0.871. The Morgan fingerprint density at radius 3 is 3.19 bits per heavy atom. The van der Waals surface area contributed by atoms with Crippen LogP contribution in [0.1, 0.15) is 18.1 Å². The first-order chi connectivity index (χ1) is 10.2. The van der Waals surface area contributed by atoms with Gasteiger partial charge in [-0.2, -0.15) is 5.11 Å². The van der Waals surface area contributed by atoms with Crippen LogP contribution in [0.15, 0.2) is 41.8 Å². The van der Waals surface area contributed by atoms with Gasteiger partial charge in [-0.25, -0.2) is 5.53 Å². The van der Waals surface area contributed by atoms with Crippen LogP contribution in [0.5, 0.6) is 5.75 Å². The number of rotatable bonds is 4. The summed E-state index contributed by atoms with van der Waals surface area (Å²) in [5.41, 5.74) is 10.8. The van der Waals surface area contributed by atoms with Gasteiger partial charge in [0.1, 0.15) is 11.9 Å². The van der Waals surface area contributed by atoms with Crippen molar-refractivity contribution in [2.24, 2.45) is 5.11 Å². The van der Waals surface area contributed by atoms with Gasteiger partial charge in [0.2, 0.25) is 0 Å².